The molecule has 1 aliphatic heterocycles. The fraction of sp³-hybridized carbons (Fsp3) is 0.579. The van der Waals surface area contributed by atoms with E-state index in [4.69, 9.17) is 18.7 Å². The van der Waals surface area contributed by atoms with Crippen molar-refractivity contribution in [2.75, 3.05) is 0 Å². The monoisotopic (exact) mass is 385 g/mol. The van der Waals surface area contributed by atoms with Gasteiger partial charge in [-0.05, 0) is 30.3 Å². The first-order chi connectivity index (χ1) is 13.8. The molecule has 0 aromatic heterocycles. The topological polar surface area (TPSA) is 134 Å². The van der Waals surface area contributed by atoms with Crippen molar-refractivity contribution >= 4 is 11.9 Å². The number of aliphatic hydroxyl groups is 3. The molecule has 1 fully saturated rings. The zero-order chi connectivity index (χ0) is 22.8. The van der Waals surface area contributed by atoms with Crippen molar-refractivity contribution in [2.45, 2.75) is 63.7 Å². The summed E-state index contributed by atoms with van der Waals surface area (Å²) in [5.74, 6) is -4.28. The third kappa shape index (κ3) is 5.04. The summed E-state index contributed by atoms with van der Waals surface area (Å²) in [6.07, 6.45) is -9.07. The number of hydrogen-bond donors (Lipinski definition) is 4. The minimum absolute atomic E-state index is 0.146. The van der Waals surface area contributed by atoms with E-state index in [1.807, 2.05) is 13.8 Å². The van der Waals surface area contributed by atoms with E-state index in [2.05, 4.69) is 0 Å². The summed E-state index contributed by atoms with van der Waals surface area (Å²) in [5, 5.41) is 38.6. The van der Waals surface area contributed by atoms with Gasteiger partial charge >= 0.3 is 11.9 Å². The van der Waals surface area contributed by atoms with Crippen LogP contribution in [0.3, 0.4) is 0 Å². The highest BCUT2D eigenvalue weighted by molar-refractivity contribution is 5.78. The Kier molecular flexibility index (Phi) is 5.58. The van der Waals surface area contributed by atoms with Gasteiger partial charge in [0.1, 0.15) is 18.3 Å². The molecule has 0 bridgehead atoms. The molecule has 6 atom stereocenters. The second-order valence-corrected chi connectivity index (χ2v) is 6.94. The van der Waals surface area contributed by atoms with Crippen molar-refractivity contribution in [3.63, 3.8) is 0 Å². The molecule has 1 heterocycles. The van der Waals surface area contributed by atoms with Crippen LogP contribution in [0.2, 0.25) is 0 Å². The lowest BCUT2D eigenvalue weighted by Crippen LogP contribution is -2.60. The van der Waals surface area contributed by atoms with Gasteiger partial charge in [-0.15, -0.1) is 0 Å². The number of rotatable bonds is 6. The summed E-state index contributed by atoms with van der Waals surface area (Å²) in [4.78, 5) is 23.8. The number of esters is 1. The molecule has 2 rings (SSSR count). The third-order valence-electron chi connectivity index (χ3n) is 4.24. The van der Waals surface area contributed by atoms with E-state index in [0.29, 0.717) is 5.92 Å². The van der Waals surface area contributed by atoms with Crippen LogP contribution in [0.1, 0.15) is 41.9 Å². The zero-order valence-corrected chi connectivity index (χ0v) is 15.0. The third-order valence-corrected chi connectivity index (χ3v) is 4.24. The number of carboxylic acids is 1. The van der Waals surface area contributed by atoms with Crippen molar-refractivity contribution in [3.05, 3.63) is 35.4 Å². The van der Waals surface area contributed by atoms with E-state index >= 15 is 0 Å². The summed E-state index contributed by atoms with van der Waals surface area (Å²) in [5.41, 5.74) is 1.10. The molecule has 8 heteroatoms. The van der Waals surface area contributed by atoms with Crippen molar-refractivity contribution in [1.29, 1.82) is 0 Å². The molecule has 150 valence electrons. The molecule has 4 N–H and O–H groups in total. The molecular weight excluding hydrogens is 356 g/mol. The largest absolute Gasteiger partial charge is 0.479 e. The highest BCUT2D eigenvalue weighted by Crippen LogP contribution is 2.25. The summed E-state index contributed by atoms with van der Waals surface area (Å²) < 4.78 is 33.0. The smallest absolute Gasteiger partial charge is 0.335 e. The molecule has 1 unspecified atom stereocenters. The Labute approximate surface area is 161 Å². The molecule has 0 amide bonds. The van der Waals surface area contributed by atoms with E-state index < -0.39 is 55.4 Å². The van der Waals surface area contributed by atoms with Crippen molar-refractivity contribution < 1.29 is 43.6 Å². The first-order valence-corrected chi connectivity index (χ1v) is 8.54. The summed E-state index contributed by atoms with van der Waals surface area (Å²) in [7, 11) is 0. The molecule has 0 saturated carbocycles. The van der Waals surface area contributed by atoms with Gasteiger partial charge in [0.2, 0.25) is 6.29 Å². The van der Waals surface area contributed by atoms with E-state index in [1.54, 1.807) is 12.1 Å². The second-order valence-electron chi connectivity index (χ2n) is 6.94. The summed E-state index contributed by atoms with van der Waals surface area (Å²) in [6.45, 7) is 1.25. The minimum Gasteiger partial charge on any atom is -0.479 e. The number of benzene rings is 1. The lowest BCUT2D eigenvalue weighted by Gasteiger charge is -2.38. The van der Waals surface area contributed by atoms with E-state index in [0.717, 1.165) is 12.0 Å². The highest BCUT2D eigenvalue weighted by atomic mass is 16.7. The maximum absolute atomic E-state index is 12.7. The second kappa shape index (κ2) is 8.79. The number of aliphatic hydroxyl groups excluding tert-OH is 3. The lowest BCUT2D eigenvalue weighted by atomic mass is 9.96. The standard InChI is InChI=1S/C19H26O8/c1-9(2)8-11-4-6-12(7-5-11)10(3)18(25)27-19-15(22)13(20)14(21)16(26-19)17(23)24/h4-7,9-10,13-16,19-22H,8H2,1-3H3,(H,23,24)/t10?,13-,14-,15+,16-,19-/m0/s1/i3D3. The van der Waals surface area contributed by atoms with Gasteiger partial charge in [-0.3, -0.25) is 4.79 Å². The van der Waals surface area contributed by atoms with Crippen LogP contribution in [0, 0.1) is 5.92 Å². The lowest BCUT2D eigenvalue weighted by molar-refractivity contribution is -0.286. The van der Waals surface area contributed by atoms with Gasteiger partial charge in [0.25, 0.3) is 0 Å². The van der Waals surface area contributed by atoms with Gasteiger partial charge in [-0.25, -0.2) is 4.79 Å². The molecular formula is C19H26O8. The average molecular weight is 385 g/mol. The highest BCUT2D eigenvalue weighted by Gasteiger charge is 2.48. The van der Waals surface area contributed by atoms with Crippen molar-refractivity contribution in [3.8, 4) is 0 Å². The van der Waals surface area contributed by atoms with Gasteiger partial charge in [-0.1, -0.05) is 38.1 Å². The maximum Gasteiger partial charge on any atom is 0.335 e. The molecule has 1 aromatic carbocycles. The molecule has 1 aromatic rings. The predicted molar refractivity (Wildman–Crippen MR) is 93.8 cm³/mol. The van der Waals surface area contributed by atoms with Gasteiger partial charge in [-0.2, -0.15) is 0 Å². The first-order valence-electron chi connectivity index (χ1n) is 10.0. The summed E-state index contributed by atoms with van der Waals surface area (Å²) in [6, 6.07) is 6.39. The Morgan fingerprint density at radius 3 is 2.30 bits per heavy atom. The van der Waals surface area contributed by atoms with Crippen LogP contribution in [0.5, 0.6) is 0 Å². The number of hydrogen-bond acceptors (Lipinski definition) is 7. The van der Waals surface area contributed by atoms with Gasteiger partial charge in [0, 0.05) is 4.11 Å². The molecule has 1 aliphatic rings. The van der Waals surface area contributed by atoms with Gasteiger partial charge < -0.3 is 29.9 Å². The van der Waals surface area contributed by atoms with E-state index in [9.17, 15) is 24.9 Å². The normalized spacial score (nSPS) is 31.5. The van der Waals surface area contributed by atoms with Crippen LogP contribution in [0.15, 0.2) is 24.3 Å². The quantitative estimate of drug-likeness (QED) is 0.518. The Morgan fingerprint density at radius 2 is 1.78 bits per heavy atom. The number of ether oxygens (including phenoxy) is 2. The fourth-order valence-electron chi connectivity index (χ4n) is 2.79. The van der Waals surface area contributed by atoms with Gasteiger partial charge in [0.05, 0.1) is 5.92 Å². The van der Waals surface area contributed by atoms with E-state index in [1.165, 1.54) is 12.1 Å². The number of carbonyl (C=O) groups excluding carboxylic acids is 1. The van der Waals surface area contributed by atoms with Crippen molar-refractivity contribution in [2.24, 2.45) is 5.92 Å². The first kappa shape index (κ1) is 17.1. The predicted octanol–water partition coefficient (Wildman–Crippen LogP) is 0.424. The van der Waals surface area contributed by atoms with Crippen LogP contribution in [-0.4, -0.2) is 63.1 Å². The van der Waals surface area contributed by atoms with Crippen molar-refractivity contribution in [1.82, 2.24) is 0 Å². The Bertz CT molecular complexity index is 749. The van der Waals surface area contributed by atoms with E-state index in [-0.39, 0.29) is 5.56 Å². The molecule has 0 aliphatic carbocycles. The Balaban J connectivity index is 2.24. The fourth-order valence-corrected chi connectivity index (χ4v) is 2.79. The molecule has 27 heavy (non-hydrogen) atoms. The zero-order valence-electron chi connectivity index (χ0n) is 18.0. The summed E-state index contributed by atoms with van der Waals surface area (Å²) >= 11 is 0. The average Bonchev–Trinajstić information content (AvgIpc) is 2.62. The molecule has 0 spiro atoms. The van der Waals surface area contributed by atoms with Crippen LogP contribution in [0.4, 0.5) is 0 Å². The maximum atomic E-state index is 12.7. The number of carboxylic acid groups (broad SMARTS) is 1. The molecule has 8 nitrogen and oxygen atoms in total. The van der Waals surface area contributed by atoms with Crippen LogP contribution < -0.4 is 0 Å². The molecule has 1 saturated heterocycles. The Morgan fingerprint density at radius 1 is 1.15 bits per heavy atom. The van der Waals surface area contributed by atoms with Crippen LogP contribution in [0.25, 0.3) is 0 Å². The molecule has 0 radical (unpaired) electrons. The SMILES string of the molecule is [2H]C([2H])([2H])C(C(=O)O[C@@H]1O[C@H](C(=O)O)[C@@H](O)[C@H](O)[C@H]1O)c1ccc(CC(C)C)cc1. The minimum atomic E-state index is -2.80. The number of carbonyl (C=O) groups is 2. The number of aliphatic carboxylic acids is 1. The van der Waals surface area contributed by atoms with Gasteiger partial charge in [0.15, 0.2) is 6.10 Å². The van der Waals surface area contributed by atoms with Crippen LogP contribution >= 0.6 is 0 Å². The Hall–Kier alpha value is -2.00. The van der Waals surface area contributed by atoms with Crippen LogP contribution in [-0.2, 0) is 25.5 Å².